The average molecular weight is 451 g/mol. The molecule has 2 N–H and O–H groups in total. The maximum atomic E-state index is 13.4. The van der Waals surface area contributed by atoms with Gasteiger partial charge in [-0.2, -0.15) is 18.4 Å². The molecule has 5 atom stereocenters. The minimum Gasteiger partial charge on any atom is -0.370 e. The van der Waals surface area contributed by atoms with Crippen molar-refractivity contribution in [1.29, 1.82) is 5.26 Å². The van der Waals surface area contributed by atoms with E-state index in [0.717, 1.165) is 25.0 Å². The maximum Gasteiger partial charge on any atom is 0.417 e. The van der Waals surface area contributed by atoms with Gasteiger partial charge in [0.05, 0.1) is 40.9 Å². The van der Waals surface area contributed by atoms with E-state index in [2.05, 4.69) is 5.73 Å². The van der Waals surface area contributed by atoms with Crippen LogP contribution in [0.2, 0.25) is 0 Å². The minimum absolute atomic E-state index is 0.116. The lowest BCUT2D eigenvalue weighted by Gasteiger charge is -2.41. The predicted molar refractivity (Wildman–Crippen MR) is 106 cm³/mol. The standard InChI is InChI=1S/C19H17F3N2O3.C3H7NO/c1-17-4-5-18(27-17)6-7-26-16-14(18)13(17)15(25)24(16)11-3-2-10(9-23)12(8-11)19(20,21)22;1-2-3(4)5/h2-3,8,13-14,16H,4-7H2,1H3;2H2,1H3,(H2,4,5). The fourth-order valence-corrected chi connectivity index (χ4v) is 5.60. The maximum absolute atomic E-state index is 13.4. The number of carbonyl (C=O) groups excluding carboxylic acids is 2. The molecule has 1 aromatic rings. The van der Waals surface area contributed by atoms with E-state index in [0.29, 0.717) is 19.4 Å². The number of ether oxygens (including phenoxy) is 2. The molecule has 2 bridgehead atoms. The number of amides is 2. The van der Waals surface area contributed by atoms with E-state index in [1.165, 1.54) is 11.0 Å². The predicted octanol–water partition coefficient (Wildman–Crippen LogP) is 3.11. The summed E-state index contributed by atoms with van der Waals surface area (Å²) in [5.41, 5.74) is 2.25. The summed E-state index contributed by atoms with van der Waals surface area (Å²) in [5, 5.41) is 9.00. The van der Waals surface area contributed by atoms with Gasteiger partial charge in [0.1, 0.15) is 6.23 Å². The number of halogens is 3. The molecule has 10 heteroatoms. The van der Waals surface area contributed by atoms with Gasteiger partial charge in [0, 0.05) is 24.4 Å². The number of nitriles is 1. The van der Waals surface area contributed by atoms with Gasteiger partial charge in [0.15, 0.2) is 0 Å². The van der Waals surface area contributed by atoms with Gasteiger partial charge in [-0.05, 0) is 38.0 Å². The van der Waals surface area contributed by atoms with Gasteiger partial charge in [0.2, 0.25) is 11.8 Å². The third kappa shape index (κ3) is 3.26. The number of nitrogens with two attached hydrogens (primary N) is 1. The minimum atomic E-state index is -4.68. The van der Waals surface area contributed by atoms with Crippen LogP contribution in [0.15, 0.2) is 18.2 Å². The lowest BCUT2D eigenvalue weighted by Crippen LogP contribution is -2.51. The number of carbonyl (C=O) groups is 2. The summed E-state index contributed by atoms with van der Waals surface area (Å²) < 4.78 is 52.3. The van der Waals surface area contributed by atoms with Crippen LogP contribution in [0.5, 0.6) is 0 Å². The molecule has 5 unspecified atom stereocenters. The van der Waals surface area contributed by atoms with Gasteiger partial charge in [-0.25, -0.2) is 0 Å². The highest BCUT2D eigenvalue weighted by atomic mass is 19.4. The quantitative estimate of drug-likeness (QED) is 0.744. The molecule has 2 amide bonds. The molecule has 172 valence electrons. The van der Waals surface area contributed by atoms with Gasteiger partial charge >= 0.3 is 6.18 Å². The molecule has 4 aliphatic rings. The normalized spacial score (nSPS) is 34.6. The van der Waals surface area contributed by atoms with Crippen molar-refractivity contribution in [3.8, 4) is 6.07 Å². The van der Waals surface area contributed by atoms with Crippen LogP contribution < -0.4 is 10.6 Å². The summed E-state index contributed by atoms with van der Waals surface area (Å²) in [6.45, 7) is 4.04. The Morgan fingerprint density at radius 2 is 2.03 bits per heavy atom. The molecule has 0 saturated carbocycles. The Bertz CT molecular complexity index is 1000. The van der Waals surface area contributed by atoms with E-state index in [-0.39, 0.29) is 23.4 Å². The lowest BCUT2D eigenvalue weighted by molar-refractivity contribution is -0.140. The molecule has 1 aromatic carbocycles. The number of rotatable bonds is 2. The second-order valence-electron chi connectivity index (χ2n) is 8.86. The largest absolute Gasteiger partial charge is 0.417 e. The van der Waals surface area contributed by atoms with E-state index >= 15 is 0 Å². The number of nitrogens with zero attached hydrogens (tertiary/aromatic N) is 2. The fourth-order valence-electron chi connectivity index (χ4n) is 5.60. The van der Waals surface area contributed by atoms with Crippen molar-refractivity contribution in [2.75, 3.05) is 11.5 Å². The van der Waals surface area contributed by atoms with E-state index in [9.17, 15) is 22.8 Å². The Kier molecular flexibility index (Phi) is 5.25. The molecular formula is C22H24F3N3O4. The zero-order valence-corrected chi connectivity index (χ0v) is 17.7. The van der Waals surface area contributed by atoms with E-state index in [4.69, 9.17) is 14.7 Å². The molecule has 5 rings (SSSR count). The van der Waals surface area contributed by atoms with Crippen LogP contribution in [-0.2, 0) is 25.2 Å². The first-order chi connectivity index (χ1) is 15.0. The average Bonchev–Trinajstić information content (AvgIpc) is 3.33. The Hall–Kier alpha value is -2.64. The zero-order valence-electron chi connectivity index (χ0n) is 17.7. The van der Waals surface area contributed by atoms with Crippen LogP contribution in [0.3, 0.4) is 0 Å². The summed E-state index contributed by atoms with van der Waals surface area (Å²) in [6.07, 6.45) is -2.56. The fraction of sp³-hybridized carbons (Fsp3) is 0.591. The first kappa shape index (κ1) is 22.6. The van der Waals surface area contributed by atoms with E-state index < -0.39 is 40.7 Å². The second kappa shape index (κ2) is 7.46. The molecule has 4 saturated heterocycles. The van der Waals surface area contributed by atoms with Crippen LogP contribution in [0.25, 0.3) is 0 Å². The number of hydrogen-bond acceptors (Lipinski definition) is 5. The third-order valence-electron chi connectivity index (χ3n) is 7.04. The summed E-state index contributed by atoms with van der Waals surface area (Å²) in [6, 6.07) is 4.96. The topological polar surface area (TPSA) is 106 Å². The number of primary amides is 1. The smallest absolute Gasteiger partial charge is 0.370 e. The van der Waals surface area contributed by atoms with Crippen LogP contribution in [0.4, 0.5) is 18.9 Å². The third-order valence-corrected chi connectivity index (χ3v) is 7.04. The first-order valence-electron chi connectivity index (χ1n) is 10.5. The number of fused-ring (bicyclic) bond motifs is 2. The molecular weight excluding hydrogens is 427 g/mol. The summed E-state index contributed by atoms with van der Waals surface area (Å²) >= 11 is 0. The second-order valence-corrected chi connectivity index (χ2v) is 8.86. The van der Waals surface area contributed by atoms with E-state index in [1.807, 2.05) is 6.92 Å². The van der Waals surface area contributed by atoms with Crippen LogP contribution >= 0.6 is 0 Å². The number of hydrogen-bond donors (Lipinski definition) is 1. The van der Waals surface area contributed by atoms with Gasteiger partial charge < -0.3 is 15.2 Å². The van der Waals surface area contributed by atoms with Crippen LogP contribution in [-0.4, -0.2) is 35.9 Å². The monoisotopic (exact) mass is 451 g/mol. The number of benzene rings is 1. The highest BCUT2D eigenvalue weighted by Gasteiger charge is 2.75. The molecule has 4 aliphatic heterocycles. The molecule has 7 nitrogen and oxygen atoms in total. The van der Waals surface area contributed by atoms with Crippen LogP contribution in [0.1, 0.15) is 50.7 Å². The van der Waals surface area contributed by atoms with Crippen LogP contribution in [0, 0.1) is 23.2 Å². The Morgan fingerprint density at radius 3 is 2.62 bits per heavy atom. The highest BCUT2D eigenvalue weighted by Crippen LogP contribution is 2.65. The Labute approximate surface area is 183 Å². The van der Waals surface area contributed by atoms with Gasteiger partial charge in [-0.3, -0.25) is 14.5 Å². The Balaban J connectivity index is 0.000000444. The summed E-state index contributed by atoms with van der Waals surface area (Å²) in [4.78, 5) is 24.2. The van der Waals surface area contributed by atoms with E-state index in [1.54, 1.807) is 13.0 Å². The van der Waals surface area contributed by atoms with Crippen molar-refractivity contribution in [1.82, 2.24) is 0 Å². The molecule has 0 aliphatic carbocycles. The highest BCUT2D eigenvalue weighted by molar-refractivity contribution is 6.00. The zero-order chi connectivity index (χ0) is 23.5. The van der Waals surface area contributed by atoms with Crippen molar-refractivity contribution in [3.63, 3.8) is 0 Å². The SMILES string of the molecule is CC12CCC3(CCOC4C3C1C(=O)N4c1ccc(C#N)c(C(F)(F)F)c1)O2.CCC(N)=O. The summed E-state index contributed by atoms with van der Waals surface area (Å²) in [5.74, 6) is -1.09. The van der Waals surface area contributed by atoms with Gasteiger partial charge in [0.25, 0.3) is 0 Å². The molecule has 0 aromatic heterocycles. The van der Waals surface area contributed by atoms with Crippen molar-refractivity contribution in [2.24, 2.45) is 17.6 Å². The van der Waals surface area contributed by atoms with Crippen molar-refractivity contribution in [2.45, 2.75) is 63.1 Å². The van der Waals surface area contributed by atoms with Crippen molar-refractivity contribution in [3.05, 3.63) is 29.3 Å². The first-order valence-corrected chi connectivity index (χ1v) is 10.5. The van der Waals surface area contributed by atoms with Gasteiger partial charge in [-0.15, -0.1) is 0 Å². The van der Waals surface area contributed by atoms with Crippen molar-refractivity contribution >= 4 is 17.5 Å². The van der Waals surface area contributed by atoms with Gasteiger partial charge in [-0.1, -0.05) is 6.92 Å². The summed E-state index contributed by atoms with van der Waals surface area (Å²) in [7, 11) is 0. The molecule has 32 heavy (non-hydrogen) atoms. The molecule has 4 fully saturated rings. The lowest BCUT2D eigenvalue weighted by atomic mass is 9.66. The van der Waals surface area contributed by atoms with Crippen molar-refractivity contribution < 1.29 is 32.2 Å². The molecule has 1 spiro atoms. The number of anilines is 1. The molecule has 0 radical (unpaired) electrons. The number of alkyl halides is 3. The molecule has 4 heterocycles. The Morgan fingerprint density at radius 1 is 1.34 bits per heavy atom.